The average Bonchev–Trinajstić information content (AvgIpc) is 2.94. The zero-order valence-electron chi connectivity index (χ0n) is 14.7. The van der Waals surface area contributed by atoms with E-state index in [2.05, 4.69) is 10.1 Å². The van der Waals surface area contributed by atoms with E-state index in [-0.39, 0.29) is 16.5 Å². The second-order valence-electron chi connectivity index (χ2n) is 6.39. The van der Waals surface area contributed by atoms with Crippen LogP contribution >= 0.6 is 0 Å². The summed E-state index contributed by atoms with van der Waals surface area (Å²) in [6.45, 7) is 0.705. The second kappa shape index (κ2) is 6.12. The molecule has 0 bridgehead atoms. The lowest BCUT2D eigenvalue weighted by molar-refractivity contribution is 0.0181. The van der Waals surface area contributed by atoms with Crippen LogP contribution in [-0.2, 0) is 28.7 Å². The molecule has 0 aliphatic heterocycles. The number of hydrogen-bond acceptors (Lipinski definition) is 5. The Morgan fingerprint density at radius 1 is 1.26 bits per heavy atom. The van der Waals surface area contributed by atoms with Crippen LogP contribution in [0.25, 0.3) is 22.2 Å². The van der Waals surface area contributed by atoms with Crippen LogP contribution in [0.4, 0.5) is 8.78 Å². The van der Waals surface area contributed by atoms with Crippen LogP contribution in [0.3, 0.4) is 0 Å². The van der Waals surface area contributed by atoms with E-state index >= 15 is 0 Å². The van der Waals surface area contributed by atoms with Crippen molar-refractivity contribution in [2.75, 3.05) is 6.26 Å². The van der Waals surface area contributed by atoms with Gasteiger partial charge in [0.2, 0.25) is 0 Å². The molecule has 11 heteroatoms. The van der Waals surface area contributed by atoms with E-state index < -0.39 is 38.4 Å². The molecular weight excluding hydrogens is 382 g/mol. The van der Waals surface area contributed by atoms with E-state index in [1.54, 1.807) is 7.05 Å². The summed E-state index contributed by atoms with van der Waals surface area (Å²) in [6.07, 6.45) is 2.30. The SMILES string of the molecule is Cn1nccc1-c1cc2c(=O)n(CS(C)(=O)=O)c(=O)[nH]c2cc1C(C)(F)F. The van der Waals surface area contributed by atoms with Gasteiger partial charge in [-0.25, -0.2) is 26.6 Å². The van der Waals surface area contributed by atoms with E-state index in [9.17, 15) is 26.8 Å². The monoisotopic (exact) mass is 398 g/mol. The largest absolute Gasteiger partial charge is 0.329 e. The van der Waals surface area contributed by atoms with Gasteiger partial charge in [0.15, 0.2) is 9.84 Å². The Labute approximate surface area is 152 Å². The predicted molar refractivity (Wildman–Crippen MR) is 95.4 cm³/mol. The molecule has 0 unspecified atom stereocenters. The number of nitrogens with zero attached hydrogens (tertiary/aromatic N) is 3. The highest BCUT2D eigenvalue weighted by Crippen LogP contribution is 2.37. The Bertz CT molecular complexity index is 1270. The lowest BCUT2D eigenvalue weighted by Gasteiger charge is -2.17. The number of benzene rings is 1. The molecule has 3 rings (SSSR count). The van der Waals surface area contributed by atoms with Crippen LogP contribution in [-0.4, -0.2) is 34.0 Å². The number of nitrogens with one attached hydrogen (secondary N) is 1. The van der Waals surface area contributed by atoms with Crippen LogP contribution in [0.5, 0.6) is 0 Å². The van der Waals surface area contributed by atoms with Gasteiger partial charge < -0.3 is 4.98 Å². The molecule has 2 aromatic heterocycles. The highest BCUT2D eigenvalue weighted by molar-refractivity contribution is 7.89. The highest BCUT2D eigenvalue weighted by atomic mass is 32.2. The molecule has 3 aromatic rings. The molecule has 0 saturated heterocycles. The number of alkyl halides is 2. The fourth-order valence-corrected chi connectivity index (χ4v) is 3.57. The first-order chi connectivity index (χ1) is 12.4. The van der Waals surface area contributed by atoms with Gasteiger partial charge in [0.1, 0.15) is 5.88 Å². The highest BCUT2D eigenvalue weighted by Gasteiger charge is 2.30. The smallest absolute Gasteiger partial charge is 0.307 e. The molecule has 0 spiro atoms. The minimum Gasteiger partial charge on any atom is -0.307 e. The summed E-state index contributed by atoms with van der Waals surface area (Å²) < 4.78 is 53.3. The molecule has 2 heterocycles. The van der Waals surface area contributed by atoms with Crippen molar-refractivity contribution in [2.45, 2.75) is 18.7 Å². The van der Waals surface area contributed by atoms with E-state index in [0.717, 1.165) is 12.3 Å². The fraction of sp³-hybridized carbons (Fsp3) is 0.312. The topological polar surface area (TPSA) is 107 Å². The quantitative estimate of drug-likeness (QED) is 0.711. The Morgan fingerprint density at radius 2 is 1.93 bits per heavy atom. The van der Waals surface area contributed by atoms with E-state index in [0.29, 0.717) is 17.2 Å². The molecule has 0 saturated carbocycles. The number of hydrogen-bond donors (Lipinski definition) is 1. The average molecular weight is 398 g/mol. The fourth-order valence-electron chi connectivity index (χ4n) is 2.87. The van der Waals surface area contributed by atoms with Crippen molar-refractivity contribution < 1.29 is 17.2 Å². The number of H-pyrrole nitrogens is 1. The molecule has 0 radical (unpaired) electrons. The van der Waals surface area contributed by atoms with Gasteiger partial charge in [-0.3, -0.25) is 9.48 Å². The number of halogens is 2. The maximum absolute atomic E-state index is 14.2. The summed E-state index contributed by atoms with van der Waals surface area (Å²) in [7, 11) is -2.11. The van der Waals surface area contributed by atoms with Crippen LogP contribution in [0, 0.1) is 0 Å². The zero-order chi connectivity index (χ0) is 20.1. The van der Waals surface area contributed by atoms with E-state index in [1.807, 2.05) is 0 Å². The summed E-state index contributed by atoms with van der Waals surface area (Å²) in [4.78, 5) is 27.1. The van der Waals surface area contributed by atoms with Crippen molar-refractivity contribution in [3.8, 4) is 11.3 Å². The van der Waals surface area contributed by atoms with Crippen molar-refractivity contribution >= 4 is 20.7 Å². The third-order valence-corrected chi connectivity index (χ3v) is 4.78. The van der Waals surface area contributed by atoms with Gasteiger partial charge in [-0.05, 0) is 18.2 Å². The third-order valence-electron chi connectivity index (χ3n) is 4.05. The van der Waals surface area contributed by atoms with Crippen LogP contribution in [0.2, 0.25) is 0 Å². The van der Waals surface area contributed by atoms with Gasteiger partial charge in [-0.2, -0.15) is 5.10 Å². The van der Waals surface area contributed by atoms with Crippen molar-refractivity contribution in [1.29, 1.82) is 0 Å². The first kappa shape index (κ1) is 19.0. The number of rotatable bonds is 4. The maximum atomic E-state index is 14.2. The number of fused-ring (bicyclic) bond motifs is 1. The molecule has 0 amide bonds. The lowest BCUT2D eigenvalue weighted by atomic mass is 9.97. The molecule has 0 aliphatic rings. The van der Waals surface area contributed by atoms with E-state index in [4.69, 9.17) is 0 Å². The summed E-state index contributed by atoms with van der Waals surface area (Å²) in [5, 5.41) is 3.87. The van der Waals surface area contributed by atoms with Crippen LogP contribution < -0.4 is 11.2 Å². The zero-order valence-corrected chi connectivity index (χ0v) is 15.5. The standard InChI is InChI=1S/C16H16F2N4O4S/c1-16(17,18)11-7-12-10(6-9(11)13-4-5-19-21(13)2)14(23)22(15(24)20-12)8-27(3,25)26/h4-7H,8H2,1-3H3,(H,20,24). The van der Waals surface area contributed by atoms with Crippen LogP contribution in [0.1, 0.15) is 12.5 Å². The van der Waals surface area contributed by atoms with Crippen LogP contribution in [0.15, 0.2) is 34.0 Å². The summed E-state index contributed by atoms with van der Waals surface area (Å²) in [6, 6.07) is 3.76. The van der Waals surface area contributed by atoms with Gasteiger partial charge in [-0.1, -0.05) is 0 Å². The predicted octanol–water partition coefficient (Wildman–Crippen LogP) is 1.20. The molecular formula is C16H16F2N4O4S. The van der Waals surface area contributed by atoms with Crippen molar-refractivity contribution in [3.05, 3.63) is 50.8 Å². The Kier molecular flexibility index (Phi) is 4.29. The normalized spacial score (nSPS) is 12.6. The molecule has 8 nitrogen and oxygen atoms in total. The second-order valence-corrected chi connectivity index (χ2v) is 8.50. The minimum atomic E-state index is -3.67. The Hall–Kier alpha value is -2.82. The summed E-state index contributed by atoms with van der Waals surface area (Å²) in [5.74, 6) is -4.07. The molecule has 0 aliphatic carbocycles. The maximum Gasteiger partial charge on any atom is 0.329 e. The van der Waals surface area contributed by atoms with Gasteiger partial charge >= 0.3 is 5.69 Å². The molecule has 144 valence electrons. The molecule has 1 N–H and O–H groups in total. The number of sulfone groups is 1. The molecule has 1 aromatic carbocycles. The third kappa shape index (κ3) is 3.54. The molecule has 27 heavy (non-hydrogen) atoms. The van der Waals surface area contributed by atoms with Gasteiger partial charge in [0.25, 0.3) is 11.5 Å². The van der Waals surface area contributed by atoms with E-state index in [1.165, 1.54) is 23.0 Å². The van der Waals surface area contributed by atoms with Gasteiger partial charge in [0.05, 0.1) is 16.6 Å². The molecule has 0 fully saturated rings. The Morgan fingerprint density at radius 3 is 2.44 bits per heavy atom. The van der Waals surface area contributed by atoms with Gasteiger partial charge in [-0.15, -0.1) is 0 Å². The number of aromatic amines is 1. The number of aryl methyl sites for hydroxylation is 1. The van der Waals surface area contributed by atoms with Crippen molar-refractivity contribution in [3.63, 3.8) is 0 Å². The molecule has 0 atom stereocenters. The first-order valence-corrected chi connectivity index (χ1v) is 9.80. The first-order valence-electron chi connectivity index (χ1n) is 7.74. The minimum absolute atomic E-state index is 0.0602. The number of aromatic nitrogens is 4. The van der Waals surface area contributed by atoms with Crippen molar-refractivity contribution in [2.24, 2.45) is 7.05 Å². The van der Waals surface area contributed by atoms with Crippen molar-refractivity contribution in [1.82, 2.24) is 19.3 Å². The Balaban J connectivity index is 2.43. The lowest BCUT2D eigenvalue weighted by Crippen LogP contribution is -2.37. The summed E-state index contributed by atoms with van der Waals surface area (Å²) >= 11 is 0. The summed E-state index contributed by atoms with van der Waals surface area (Å²) in [5.41, 5.74) is -1.96. The van der Waals surface area contributed by atoms with Gasteiger partial charge in [0, 0.05) is 37.6 Å².